The summed E-state index contributed by atoms with van der Waals surface area (Å²) >= 11 is 1.56. The molecular formula is C7H10N2OS. The quantitative estimate of drug-likeness (QED) is 0.711. The first kappa shape index (κ1) is 8.20. The summed E-state index contributed by atoms with van der Waals surface area (Å²) < 4.78 is 0. The molecule has 0 atom stereocenters. The van der Waals surface area contributed by atoms with E-state index < -0.39 is 0 Å². The molecule has 0 aliphatic heterocycles. The number of rotatable bonds is 2. The van der Waals surface area contributed by atoms with Gasteiger partial charge in [-0.3, -0.25) is 4.79 Å². The third-order valence-electron chi connectivity index (χ3n) is 1.26. The van der Waals surface area contributed by atoms with Crippen LogP contribution < -0.4 is 5.32 Å². The number of amides is 1. The van der Waals surface area contributed by atoms with Gasteiger partial charge < -0.3 is 5.32 Å². The Labute approximate surface area is 69.5 Å². The number of carbonyl (C=O) groups is 1. The van der Waals surface area contributed by atoms with Gasteiger partial charge in [-0.05, 0) is 6.92 Å². The molecule has 1 aromatic rings. The first-order valence-corrected chi connectivity index (χ1v) is 4.16. The van der Waals surface area contributed by atoms with Crippen LogP contribution in [-0.2, 0) is 11.2 Å². The van der Waals surface area contributed by atoms with Crippen LogP contribution in [-0.4, -0.2) is 17.9 Å². The van der Waals surface area contributed by atoms with Crippen molar-refractivity contribution in [1.82, 2.24) is 10.3 Å². The van der Waals surface area contributed by atoms with E-state index in [0.717, 1.165) is 9.88 Å². The minimum atomic E-state index is 0.0133. The van der Waals surface area contributed by atoms with E-state index in [4.69, 9.17) is 0 Å². The Bertz CT molecular complexity index is 257. The molecule has 3 nitrogen and oxygen atoms in total. The molecule has 0 spiro atoms. The average Bonchev–Trinajstić information content (AvgIpc) is 2.35. The van der Waals surface area contributed by atoms with Gasteiger partial charge in [-0.15, -0.1) is 11.3 Å². The summed E-state index contributed by atoms with van der Waals surface area (Å²) in [6, 6.07) is 0. The van der Waals surface area contributed by atoms with Gasteiger partial charge in [-0.2, -0.15) is 0 Å². The third kappa shape index (κ3) is 2.31. The summed E-state index contributed by atoms with van der Waals surface area (Å²) in [6.07, 6.45) is 2.18. The van der Waals surface area contributed by atoms with Gasteiger partial charge in [0.2, 0.25) is 5.91 Å². The number of hydrogen-bond donors (Lipinski definition) is 1. The Morgan fingerprint density at radius 3 is 3.00 bits per heavy atom. The number of likely N-dealkylation sites (N-methyl/N-ethyl adjacent to an activating group) is 1. The Balaban J connectivity index is 2.57. The Morgan fingerprint density at radius 2 is 2.55 bits per heavy atom. The van der Waals surface area contributed by atoms with Crippen molar-refractivity contribution in [3.8, 4) is 0 Å². The summed E-state index contributed by atoms with van der Waals surface area (Å²) in [5.41, 5.74) is 0. The summed E-state index contributed by atoms with van der Waals surface area (Å²) in [5, 5.41) is 3.43. The zero-order valence-corrected chi connectivity index (χ0v) is 7.36. The number of hydrogen-bond acceptors (Lipinski definition) is 3. The predicted molar refractivity (Wildman–Crippen MR) is 44.6 cm³/mol. The van der Waals surface area contributed by atoms with E-state index in [9.17, 15) is 4.79 Å². The highest BCUT2D eigenvalue weighted by Gasteiger charge is 2.03. The second kappa shape index (κ2) is 3.48. The van der Waals surface area contributed by atoms with E-state index in [-0.39, 0.29) is 5.91 Å². The second-order valence-electron chi connectivity index (χ2n) is 2.21. The molecule has 60 valence electrons. The van der Waals surface area contributed by atoms with Crippen molar-refractivity contribution in [2.45, 2.75) is 13.3 Å². The summed E-state index contributed by atoms with van der Waals surface area (Å²) in [4.78, 5) is 16.0. The Hall–Kier alpha value is -0.900. The van der Waals surface area contributed by atoms with Gasteiger partial charge >= 0.3 is 0 Å². The minimum Gasteiger partial charge on any atom is -0.359 e. The highest BCUT2D eigenvalue weighted by Crippen LogP contribution is 2.10. The van der Waals surface area contributed by atoms with E-state index in [0.29, 0.717) is 6.42 Å². The van der Waals surface area contributed by atoms with Crippen LogP contribution in [0.1, 0.15) is 9.88 Å². The maximum Gasteiger partial charge on any atom is 0.226 e. The third-order valence-corrected chi connectivity index (χ3v) is 2.17. The van der Waals surface area contributed by atoms with Crippen molar-refractivity contribution < 1.29 is 4.79 Å². The summed E-state index contributed by atoms with van der Waals surface area (Å²) in [7, 11) is 1.63. The fourth-order valence-corrected chi connectivity index (χ4v) is 1.49. The first-order valence-electron chi connectivity index (χ1n) is 3.34. The monoisotopic (exact) mass is 170 g/mol. The molecule has 1 N–H and O–H groups in total. The highest BCUT2D eigenvalue weighted by atomic mass is 32.1. The number of carbonyl (C=O) groups excluding carboxylic acids is 1. The average molecular weight is 170 g/mol. The molecule has 4 heteroatoms. The van der Waals surface area contributed by atoms with Crippen molar-refractivity contribution in [2.24, 2.45) is 0 Å². The molecule has 11 heavy (non-hydrogen) atoms. The van der Waals surface area contributed by atoms with E-state index >= 15 is 0 Å². The lowest BCUT2D eigenvalue weighted by atomic mass is 10.4. The molecule has 0 aliphatic carbocycles. The van der Waals surface area contributed by atoms with Crippen LogP contribution in [0.3, 0.4) is 0 Å². The Morgan fingerprint density at radius 1 is 1.82 bits per heavy atom. The SMILES string of the molecule is CNC(=O)Cc1ncc(C)s1. The lowest BCUT2D eigenvalue weighted by Crippen LogP contribution is -2.19. The fraction of sp³-hybridized carbons (Fsp3) is 0.429. The normalized spacial score (nSPS) is 9.64. The van der Waals surface area contributed by atoms with E-state index in [1.807, 2.05) is 6.92 Å². The number of thiazole rings is 1. The predicted octanol–water partition coefficient (Wildman–Crippen LogP) is 0.740. The van der Waals surface area contributed by atoms with Crippen molar-refractivity contribution in [1.29, 1.82) is 0 Å². The molecule has 0 saturated carbocycles. The number of aryl methyl sites for hydroxylation is 1. The van der Waals surface area contributed by atoms with Gasteiger partial charge in [0.25, 0.3) is 0 Å². The smallest absolute Gasteiger partial charge is 0.226 e. The molecule has 0 aliphatic rings. The van der Waals surface area contributed by atoms with Crippen LogP contribution >= 0.6 is 11.3 Å². The van der Waals surface area contributed by atoms with Gasteiger partial charge in [0.15, 0.2) is 0 Å². The van der Waals surface area contributed by atoms with Gasteiger partial charge in [0, 0.05) is 18.1 Å². The van der Waals surface area contributed by atoms with Crippen molar-refractivity contribution >= 4 is 17.2 Å². The molecule has 0 fully saturated rings. The fourth-order valence-electron chi connectivity index (χ4n) is 0.709. The largest absolute Gasteiger partial charge is 0.359 e. The van der Waals surface area contributed by atoms with Crippen molar-refractivity contribution in [3.63, 3.8) is 0 Å². The molecule has 1 rings (SSSR count). The van der Waals surface area contributed by atoms with Crippen LogP contribution in [0.15, 0.2) is 6.20 Å². The van der Waals surface area contributed by atoms with Gasteiger partial charge in [-0.1, -0.05) is 0 Å². The number of nitrogens with zero attached hydrogens (tertiary/aromatic N) is 1. The van der Waals surface area contributed by atoms with Gasteiger partial charge in [0.05, 0.1) is 6.42 Å². The van der Waals surface area contributed by atoms with Gasteiger partial charge in [-0.25, -0.2) is 4.98 Å². The topological polar surface area (TPSA) is 42.0 Å². The molecule has 0 saturated heterocycles. The van der Waals surface area contributed by atoms with Gasteiger partial charge in [0.1, 0.15) is 5.01 Å². The van der Waals surface area contributed by atoms with E-state index in [2.05, 4.69) is 10.3 Å². The molecule has 0 unspecified atom stereocenters. The molecule has 1 aromatic heterocycles. The number of nitrogens with one attached hydrogen (secondary N) is 1. The minimum absolute atomic E-state index is 0.0133. The molecule has 0 bridgehead atoms. The summed E-state index contributed by atoms with van der Waals surface area (Å²) in [5.74, 6) is 0.0133. The van der Waals surface area contributed by atoms with Crippen molar-refractivity contribution in [3.05, 3.63) is 16.1 Å². The Kier molecular flexibility index (Phi) is 2.59. The van der Waals surface area contributed by atoms with Crippen LogP contribution in [0.4, 0.5) is 0 Å². The molecular weight excluding hydrogens is 160 g/mol. The first-order chi connectivity index (χ1) is 5.22. The molecule has 0 aromatic carbocycles. The molecule has 1 heterocycles. The van der Waals surface area contributed by atoms with Crippen molar-refractivity contribution in [2.75, 3.05) is 7.05 Å². The van der Waals surface area contributed by atoms with E-state index in [1.165, 1.54) is 0 Å². The second-order valence-corrected chi connectivity index (χ2v) is 3.53. The van der Waals surface area contributed by atoms with Crippen LogP contribution in [0.5, 0.6) is 0 Å². The zero-order chi connectivity index (χ0) is 8.27. The number of aromatic nitrogens is 1. The highest BCUT2D eigenvalue weighted by molar-refractivity contribution is 7.11. The van der Waals surface area contributed by atoms with E-state index in [1.54, 1.807) is 24.6 Å². The maximum atomic E-state index is 10.8. The molecule has 1 amide bonds. The zero-order valence-electron chi connectivity index (χ0n) is 6.55. The maximum absolute atomic E-state index is 10.8. The summed E-state index contributed by atoms with van der Waals surface area (Å²) in [6.45, 7) is 1.98. The standard InChI is InChI=1S/C7H10N2OS/c1-5-4-9-7(11-5)3-6(10)8-2/h4H,3H2,1-2H3,(H,8,10). The lowest BCUT2D eigenvalue weighted by molar-refractivity contribution is -0.119. The van der Waals surface area contributed by atoms with Crippen LogP contribution in [0.2, 0.25) is 0 Å². The lowest BCUT2D eigenvalue weighted by Gasteiger charge is -1.93. The van der Waals surface area contributed by atoms with Crippen LogP contribution in [0, 0.1) is 6.92 Å². The molecule has 0 radical (unpaired) electrons. The van der Waals surface area contributed by atoms with Crippen LogP contribution in [0.25, 0.3) is 0 Å².